The Morgan fingerprint density at radius 3 is 2.50 bits per heavy atom. The molecule has 3 rings (SSSR count). The van der Waals surface area contributed by atoms with Crippen molar-refractivity contribution in [1.29, 1.82) is 0 Å². The molecule has 2 aromatic carbocycles. The zero-order chi connectivity index (χ0) is 20.1. The number of aromatic nitrogens is 3. The Morgan fingerprint density at radius 2 is 1.89 bits per heavy atom. The maximum absolute atomic E-state index is 6.12. The second kappa shape index (κ2) is 9.45. The van der Waals surface area contributed by atoms with Crippen molar-refractivity contribution in [1.82, 2.24) is 19.7 Å². The first kappa shape index (κ1) is 20.7. The normalized spacial score (nSPS) is 12.4. The first-order chi connectivity index (χ1) is 13.5. The number of ether oxygens (including phenoxy) is 1. The van der Waals surface area contributed by atoms with E-state index in [1.54, 1.807) is 18.9 Å². The largest absolute Gasteiger partial charge is 0.497 e. The molecule has 0 N–H and O–H groups in total. The lowest BCUT2D eigenvalue weighted by Crippen LogP contribution is -2.22. The molecule has 148 valence electrons. The number of methoxy groups -OCH3 is 1. The summed E-state index contributed by atoms with van der Waals surface area (Å²) < 4.78 is 7.45. The Balaban J connectivity index is 1.97. The van der Waals surface area contributed by atoms with Gasteiger partial charge in [0, 0.05) is 16.5 Å². The van der Waals surface area contributed by atoms with E-state index in [4.69, 9.17) is 16.3 Å². The van der Waals surface area contributed by atoms with Gasteiger partial charge in [0.25, 0.3) is 0 Å². The van der Waals surface area contributed by atoms with Crippen molar-refractivity contribution in [3.05, 3.63) is 64.9 Å². The number of benzene rings is 2. The molecular formula is C21H25ClN4OS. The van der Waals surface area contributed by atoms with E-state index in [-0.39, 0.29) is 6.04 Å². The van der Waals surface area contributed by atoms with E-state index in [2.05, 4.69) is 46.7 Å². The molecule has 0 saturated carbocycles. The number of hydrogen-bond acceptors (Lipinski definition) is 5. The summed E-state index contributed by atoms with van der Waals surface area (Å²) in [5.41, 5.74) is 2.18. The lowest BCUT2D eigenvalue weighted by atomic mass is 10.2. The average Bonchev–Trinajstić information content (AvgIpc) is 3.10. The first-order valence-corrected chi connectivity index (χ1v) is 10.5. The van der Waals surface area contributed by atoms with Crippen molar-refractivity contribution >= 4 is 23.4 Å². The highest BCUT2D eigenvalue weighted by Crippen LogP contribution is 2.31. The van der Waals surface area contributed by atoms with E-state index in [9.17, 15) is 0 Å². The molecule has 1 aromatic heterocycles. The average molecular weight is 417 g/mol. The number of nitrogens with zero attached hydrogens (tertiary/aromatic N) is 4. The quantitative estimate of drug-likeness (QED) is 0.470. The van der Waals surface area contributed by atoms with E-state index in [1.807, 2.05) is 42.5 Å². The molecule has 1 atom stereocenters. The minimum atomic E-state index is 0.176. The fourth-order valence-electron chi connectivity index (χ4n) is 3.12. The summed E-state index contributed by atoms with van der Waals surface area (Å²) in [4.78, 5) is 2.18. The van der Waals surface area contributed by atoms with Crippen molar-refractivity contribution < 1.29 is 4.74 Å². The second-order valence-electron chi connectivity index (χ2n) is 6.68. The van der Waals surface area contributed by atoms with E-state index >= 15 is 0 Å². The molecule has 0 bridgehead atoms. The molecule has 7 heteroatoms. The Hall–Kier alpha value is -2.02. The molecular weight excluding hydrogens is 392 g/mol. The molecule has 0 aliphatic carbocycles. The Labute approximate surface area is 175 Å². The van der Waals surface area contributed by atoms with Gasteiger partial charge in [0.15, 0.2) is 11.0 Å². The van der Waals surface area contributed by atoms with Crippen LogP contribution in [0.3, 0.4) is 0 Å². The molecule has 0 aliphatic heterocycles. The Morgan fingerprint density at radius 1 is 1.14 bits per heavy atom. The summed E-state index contributed by atoms with van der Waals surface area (Å²) in [5, 5.41) is 10.7. The monoisotopic (exact) mass is 416 g/mol. The summed E-state index contributed by atoms with van der Waals surface area (Å²) in [6.45, 7) is 2.16. The molecule has 0 fully saturated rings. The molecule has 5 nitrogen and oxygen atoms in total. The summed E-state index contributed by atoms with van der Waals surface area (Å²) in [6.07, 6.45) is 0.945. The molecule has 3 aromatic rings. The van der Waals surface area contributed by atoms with Gasteiger partial charge in [-0.3, -0.25) is 9.47 Å². The number of halogens is 1. The van der Waals surface area contributed by atoms with E-state index in [0.717, 1.165) is 45.2 Å². The third-order valence-corrected chi connectivity index (χ3v) is 5.79. The fraction of sp³-hybridized carbons (Fsp3) is 0.333. The molecule has 28 heavy (non-hydrogen) atoms. The van der Waals surface area contributed by atoms with Crippen LogP contribution >= 0.6 is 23.4 Å². The molecule has 0 spiro atoms. The minimum Gasteiger partial charge on any atom is -0.497 e. The van der Waals surface area contributed by atoms with Crippen LogP contribution in [0.1, 0.15) is 30.8 Å². The first-order valence-electron chi connectivity index (χ1n) is 9.17. The second-order valence-corrected chi connectivity index (χ2v) is 8.06. The standard InChI is InChI=1S/C21H25ClN4OS/c1-5-19(25(2)3)20-23-24-21(28-14-15-7-6-8-16(22)13-15)26(20)17-9-11-18(27-4)12-10-17/h6-13,19H,5,14H2,1-4H3. The highest BCUT2D eigenvalue weighted by atomic mass is 35.5. The van der Waals surface area contributed by atoms with Crippen LogP contribution in [-0.4, -0.2) is 40.9 Å². The zero-order valence-electron chi connectivity index (χ0n) is 16.6. The van der Waals surface area contributed by atoms with Crippen LogP contribution in [-0.2, 0) is 5.75 Å². The van der Waals surface area contributed by atoms with Crippen molar-refractivity contribution in [2.45, 2.75) is 30.3 Å². The summed E-state index contributed by atoms with van der Waals surface area (Å²) in [6, 6.07) is 16.1. The molecule has 0 amide bonds. The lowest BCUT2D eigenvalue weighted by molar-refractivity contribution is 0.276. The van der Waals surface area contributed by atoms with Crippen LogP contribution in [0.25, 0.3) is 5.69 Å². The van der Waals surface area contributed by atoms with Crippen molar-refractivity contribution in [2.24, 2.45) is 0 Å². The van der Waals surface area contributed by atoms with Gasteiger partial charge < -0.3 is 4.74 Å². The van der Waals surface area contributed by atoms with Gasteiger partial charge >= 0.3 is 0 Å². The SMILES string of the molecule is CCC(c1nnc(SCc2cccc(Cl)c2)n1-c1ccc(OC)cc1)N(C)C. The van der Waals surface area contributed by atoms with E-state index < -0.39 is 0 Å². The summed E-state index contributed by atoms with van der Waals surface area (Å²) >= 11 is 7.78. The van der Waals surface area contributed by atoms with Gasteiger partial charge in [-0.1, -0.05) is 42.4 Å². The van der Waals surface area contributed by atoms with Crippen LogP contribution < -0.4 is 4.74 Å². The highest BCUT2D eigenvalue weighted by molar-refractivity contribution is 7.98. The van der Waals surface area contributed by atoms with Crippen LogP contribution in [0, 0.1) is 0 Å². The molecule has 0 radical (unpaired) electrons. The molecule has 1 heterocycles. The number of hydrogen-bond donors (Lipinski definition) is 0. The van der Waals surface area contributed by atoms with Gasteiger partial charge in [0.1, 0.15) is 5.75 Å². The predicted octanol–water partition coefficient (Wildman–Crippen LogP) is 5.23. The zero-order valence-corrected chi connectivity index (χ0v) is 18.2. The van der Waals surface area contributed by atoms with Crippen molar-refractivity contribution in [2.75, 3.05) is 21.2 Å². The lowest BCUT2D eigenvalue weighted by Gasteiger charge is -2.23. The van der Waals surface area contributed by atoms with Crippen LogP contribution in [0.15, 0.2) is 53.7 Å². The van der Waals surface area contributed by atoms with Gasteiger partial charge in [0.05, 0.1) is 13.2 Å². The summed E-state index contributed by atoms with van der Waals surface area (Å²) in [5.74, 6) is 2.53. The summed E-state index contributed by atoms with van der Waals surface area (Å²) in [7, 11) is 5.81. The van der Waals surface area contributed by atoms with E-state index in [1.165, 1.54) is 0 Å². The van der Waals surface area contributed by atoms with Crippen LogP contribution in [0.2, 0.25) is 5.02 Å². The maximum atomic E-state index is 6.12. The molecule has 0 aliphatic rings. The van der Waals surface area contributed by atoms with Gasteiger partial charge in [-0.15, -0.1) is 10.2 Å². The van der Waals surface area contributed by atoms with Gasteiger partial charge in [0.2, 0.25) is 0 Å². The smallest absolute Gasteiger partial charge is 0.196 e. The van der Waals surface area contributed by atoms with Crippen LogP contribution in [0.4, 0.5) is 0 Å². The number of thioether (sulfide) groups is 1. The number of rotatable bonds is 8. The molecule has 0 saturated heterocycles. The fourth-order valence-corrected chi connectivity index (χ4v) is 4.23. The van der Waals surface area contributed by atoms with Gasteiger partial charge in [-0.05, 0) is 62.5 Å². The molecule has 1 unspecified atom stereocenters. The highest BCUT2D eigenvalue weighted by Gasteiger charge is 2.23. The van der Waals surface area contributed by atoms with Crippen molar-refractivity contribution in [3.63, 3.8) is 0 Å². The minimum absolute atomic E-state index is 0.176. The Kier molecular flexibility index (Phi) is 6.99. The predicted molar refractivity (Wildman–Crippen MR) is 116 cm³/mol. The maximum Gasteiger partial charge on any atom is 0.196 e. The van der Waals surface area contributed by atoms with Crippen molar-refractivity contribution in [3.8, 4) is 11.4 Å². The van der Waals surface area contributed by atoms with Gasteiger partial charge in [-0.25, -0.2) is 0 Å². The van der Waals surface area contributed by atoms with E-state index in [0.29, 0.717) is 0 Å². The third-order valence-electron chi connectivity index (χ3n) is 4.55. The van der Waals surface area contributed by atoms with Crippen LogP contribution in [0.5, 0.6) is 5.75 Å². The Bertz CT molecular complexity index is 911. The third kappa shape index (κ3) is 4.69. The van der Waals surface area contributed by atoms with Gasteiger partial charge in [-0.2, -0.15) is 0 Å². The topological polar surface area (TPSA) is 43.2 Å².